The Kier molecular flexibility index (Phi) is 8.63. The van der Waals surface area contributed by atoms with Crippen molar-refractivity contribution in [3.63, 3.8) is 0 Å². The highest BCUT2D eigenvalue weighted by molar-refractivity contribution is 7.14. The van der Waals surface area contributed by atoms with Crippen molar-refractivity contribution in [1.82, 2.24) is 24.6 Å². The molecule has 0 amide bonds. The Morgan fingerprint density at radius 3 is 2.66 bits per heavy atom. The minimum atomic E-state index is -0.442. The number of aliphatic imine (C=N–C) groups is 1. The molecule has 0 atom stereocenters. The maximum absolute atomic E-state index is 13.7. The molecular weight excluding hydrogens is 539 g/mol. The molecule has 2 bridgehead atoms. The number of fused-ring (bicyclic) bond motifs is 2. The number of ketones is 1. The van der Waals surface area contributed by atoms with Crippen LogP contribution in [0.25, 0.3) is 11.3 Å². The van der Waals surface area contributed by atoms with Gasteiger partial charge < -0.3 is 19.6 Å². The van der Waals surface area contributed by atoms with Gasteiger partial charge in [0.15, 0.2) is 10.9 Å². The van der Waals surface area contributed by atoms with Gasteiger partial charge in [-0.15, -0.1) is 11.3 Å². The zero-order chi connectivity index (χ0) is 29.1. The van der Waals surface area contributed by atoms with Crippen LogP contribution in [0.15, 0.2) is 64.1 Å². The fourth-order valence-electron chi connectivity index (χ4n) is 5.35. The number of allylic oxidation sites excluding steroid dienone is 2. The second kappa shape index (κ2) is 12.3. The lowest BCUT2D eigenvalue weighted by Crippen LogP contribution is -2.48. The Morgan fingerprint density at radius 2 is 1.95 bits per heavy atom. The van der Waals surface area contributed by atoms with E-state index in [2.05, 4.69) is 50.9 Å². The van der Waals surface area contributed by atoms with Crippen LogP contribution in [0.4, 0.5) is 9.52 Å². The number of likely N-dealkylation sites (N-methyl/N-ethyl adjacent to an activating group) is 1. The van der Waals surface area contributed by atoms with Crippen LogP contribution in [0, 0.1) is 17.1 Å². The second-order valence-electron chi connectivity index (χ2n) is 10.7. The molecule has 1 saturated heterocycles. The van der Waals surface area contributed by atoms with E-state index in [1.54, 1.807) is 6.07 Å². The lowest BCUT2D eigenvalue weighted by molar-refractivity contribution is -0.121. The van der Waals surface area contributed by atoms with E-state index in [0.717, 1.165) is 60.7 Å². The number of aromatic nitrogens is 1. The van der Waals surface area contributed by atoms with E-state index in [1.165, 1.54) is 23.5 Å². The zero-order valence-corrected chi connectivity index (χ0v) is 24.8. The molecule has 5 rings (SSSR count). The molecule has 1 aromatic carbocycles. The number of nitrogens with zero attached hydrogens (tertiary/aromatic N) is 8. The Hall–Kier alpha value is -3.85. The minimum absolute atomic E-state index is 0.244. The normalized spacial score (nSPS) is 17.4. The van der Waals surface area contributed by atoms with Gasteiger partial charge in [-0.05, 0) is 50.9 Å². The molecule has 0 spiro atoms. The van der Waals surface area contributed by atoms with Crippen molar-refractivity contribution in [1.29, 1.82) is 5.26 Å². The fourth-order valence-corrected chi connectivity index (χ4v) is 6.14. The van der Waals surface area contributed by atoms with Gasteiger partial charge >= 0.3 is 0 Å². The summed E-state index contributed by atoms with van der Waals surface area (Å²) in [5.41, 5.74) is 4.60. The molecule has 3 aliphatic heterocycles. The van der Waals surface area contributed by atoms with Gasteiger partial charge in [-0.2, -0.15) is 5.26 Å². The van der Waals surface area contributed by atoms with Crippen LogP contribution in [0.5, 0.6) is 0 Å². The van der Waals surface area contributed by atoms with Crippen molar-refractivity contribution in [2.24, 2.45) is 4.99 Å². The molecule has 0 radical (unpaired) electrons. The number of benzene rings is 1. The first-order valence-corrected chi connectivity index (χ1v) is 14.6. The highest BCUT2D eigenvalue weighted by Gasteiger charge is 2.28. The van der Waals surface area contributed by atoms with Gasteiger partial charge in [-0.1, -0.05) is 6.92 Å². The molecule has 9 nitrogen and oxygen atoms in total. The monoisotopic (exact) mass is 574 g/mol. The van der Waals surface area contributed by atoms with Crippen LogP contribution >= 0.6 is 11.3 Å². The number of Topliss-reactive ketones (excluding diaryl/α,β-unsaturated/α-hetero) is 1. The van der Waals surface area contributed by atoms with Crippen molar-refractivity contribution in [2.45, 2.75) is 13.3 Å². The number of hydrogen-bond donors (Lipinski definition) is 0. The summed E-state index contributed by atoms with van der Waals surface area (Å²) >= 11 is 1.48. The van der Waals surface area contributed by atoms with E-state index >= 15 is 0 Å². The van der Waals surface area contributed by atoms with Crippen molar-refractivity contribution < 1.29 is 9.18 Å². The molecule has 11 heteroatoms. The third kappa shape index (κ3) is 6.40. The van der Waals surface area contributed by atoms with Gasteiger partial charge in [0.2, 0.25) is 0 Å². The van der Waals surface area contributed by atoms with Crippen molar-refractivity contribution >= 4 is 28.0 Å². The first-order chi connectivity index (χ1) is 19.7. The Balaban J connectivity index is 1.36. The average molecular weight is 575 g/mol. The molecule has 3 aliphatic rings. The average Bonchev–Trinajstić information content (AvgIpc) is 3.38. The molecule has 4 heterocycles. The lowest BCUT2D eigenvalue weighted by Gasteiger charge is -2.38. The van der Waals surface area contributed by atoms with Crippen LogP contribution in [0.2, 0.25) is 0 Å². The van der Waals surface area contributed by atoms with Crippen LogP contribution in [-0.2, 0) is 4.79 Å². The highest BCUT2D eigenvalue weighted by Crippen LogP contribution is 2.34. The van der Waals surface area contributed by atoms with Crippen molar-refractivity contribution in [3.05, 3.63) is 70.5 Å². The number of rotatable bonds is 9. The summed E-state index contributed by atoms with van der Waals surface area (Å²) < 4.78 is 13.7. The maximum atomic E-state index is 13.7. The van der Waals surface area contributed by atoms with Crippen molar-refractivity contribution in [2.75, 3.05) is 71.9 Å². The number of carbonyl (C=O) groups excluding carboxylic acids is 1. The minimum Gasteiger partial charge on any atom is -0.368 e. The number of hydrogen-bond acceptors (Lipinski definition) is 10. The van der Waals surface area contributed by atoms with Crippen LogP contribution in [-0.4, -0.2) is 103 Å². The molecule has 1 fully saturated rings. The lowest BCUT2D eigenvalue weighted by atomic mass is 10.1. The zero-order valence-electron chi connectivity index (χ0n) is 24.0. The topological polar surface area (TPSA) is 82.3 Å². The summed E-state index contributed by atoms with van der Waals surface area (Å²) in [5.74, 6) is 0.766. The van der Waals surface area contributed by atoms with Gasteiger partial charge in [-0.25, -0.2) is 9.37 Å². The Morgan fingerprint density at radius 1 is 1.17 bits per heavy atom. The predicted octanol–water partition coefficient (Wildman–Crippen LogP) is 3.75. The Bertz CT molecular complexity index is 1480. The van der Waals surface area contributed by atoms with Crippen molar-refractivity contribution in [3.8, 4) is 17.3 Å². The number of halogens is 1. The standard InChI is InChI=1S/C30H35FN8OS/c1-5-27-29(36(4)30-34-28(20-41-30)26-9-6-22(31)14-21(26)15-32)39-16-23(33-27)7-8-24(17-39)38-12-10-37(11-13-38)19-25(40)18-35(2)3/h6-9,14,17,20H,5,10-13,16,18-19H2,1-4H3. The maximum Gasteiger partial charge on any atom is 0.191 e. The van der Waals surface area contributed by atoms with Crippen LogP contribution in [0.1, 0.15) is 18.9 Å². The highest BCUT2D eigenvalue weighted by atomic mass is 32.1. The van der Waals surface area contributed by atoms with E-state index in [9.17, 15) is 14.4 Å². The SMILES string of the molecule is CCC1=C(N(C)c2nc(-c3ccc(F)cc3C#N)cs2)N2C=C(N3CCN(CC(=O)CN(C)C)CC3)C=CC(=N1)C2. The van der Waals surface area contributed by atoms with Gasteiger partial charge in [0.25, 0.3) is 0 Å². The van der Waals surface area contributed by atoms with E-state index in [1.807, 2.05) is 31.4 Å². The van der Waals surface area contributed by atoms with E-state index in [4.69, 9.17) is 9.98 Å². The van der Waals surface area contributed by atoms with Crippen LogP contribution in [0.3, 0.4) is 0 Å². The second-order valence-corrected chi connectivity index (χ2v) is 11.5. The Labute approximate surface area is 244 Å². The smallest absolute Gasteiger partial charge is 0.191 e. The van der Waals surface area contributed by atoms with Gasteiger partial charge in [0.05, 0.1) is 54.1 Å². The van der Waals surface area contributed by atoms with Gasteiger partial charge in [0, 0.05) is 50.4 Å². The molecular formula is C30H35FN8OS. The first kappa shape index (κ1) is 28.7. The fraction of sp³-hybridized carbons (Fsp3) is 0.400. The number of anilines is 1. The molecule has 0 unspecified atom stereocenters. The number of nitriles is 1. The molecule has 41 heavy (non-hydrogen) atoms. The predicted molar refractivity (Wildman–Crippen MR) is 161 cm³/mol. The first-order valence-electron chi connectivity index (χ1n) is 13.8. The summed E-state index contributed by atoms with van der Waals surface area (Å²) in [7, 11) is 5.83. The van der Waals surface area contributed by atoms with E-state index in [-0.39, 0.29) is 11.3 Å². The molecule has 2 aromatic rings. The molecule has 214 valence electrons. The van der Waals surface area contributed by atoms with E-state index in [0.29, 0.717) is 30.9 Å². The molecule has 0 aliphatic carbocycles. The summed E-state index contributed by atoms with van der Waals surface area (Å²) in [4.78, 5) is 32.9. The summed E-state index contributed by atoms with van der Waals surface area (Å²) in [6, 6.07) is 6.28. The third-order valence-electron chi connectivity index (χ3n) is 7.32. The van der Waals surface area contributed by atoms with Gasteiger partial charge in [0.1, 0.15) is 11.6 Å². The van der Waals surface area contributed by atoms with Gasteiger partial charge in [-0.3, -0.25) is 14.7 Å². The summed E-state index contributed by atoms with van der Waals surface area (Å²) in [5, 5.41) is 12.2. The summed E-state index contributed by atoms with van der Waals surface area (Å²) in [6.45, 7) is 7.07. The largest absolute Gasteiger partial charge is 0.368 e. The quantitative estimate of drug-likeness (QED) is 0.448. The number of carbonyl (C=O) groups is 1. The third-order valence-corrected chi connectivity index (χ3v) is 8.23. The molecule has 0 saturated carbocycles. The molecule has 0 N–H and O–H groups in total. The molecule has 1 aromatic heterocycles. The number of thiazole rings is 1. The van der Waals surface area contributed by atoms with E-state index < -0.39 is 5.82 Å². The summed E-state index contributed by atoms with van der Waals surface area (Å²) in [6.07, 6.45) is 7.19. The van der Waals surface area contributed by atoms with Crippen LogP contribution < -0.4 is 4.90 Å². The number of piperazine rings is 1.